The van der Waals surface area contributed by atoms with Crippen molar-refractivity contribution in [2.24, 2.45) is 11.3 Å². The Hall–Kier alpha value is -3.43. The maximum Gasteiger partial charge on any atom is 0.407 e. The van der Waals surface area contributed by atoms with Gasteiger partial charge in [0.1, 0.15) is 6.10 Å². The van der Waals surface area contributed by atoms with E-state index in [1.165, 1.54) is 28.6 Å². The molecule has 4 rings (SSSR count). The van der Waals surface area contributed by atoms with Crippen molar-refractivity contribution in [3.63, 3.8) is 0 Å². The molecule has 0 aliphatic carbocycles. The number of nitrogens with two attached hydrogens (primary N) is 1. The number of nitrogens with one attached hydrogen (secondary N) is 2. The fourth-order valence-electron chi connectivity index (χ4n) is 6.13. The normalized spacial score (nSPS) is 20.5. The van der Waals surface area contributed by atoms with Crippen LogP contribution in [0.25, 0.3) is 0 Å². The predicted molar refractivity (Wildman–Crippen MR) is 184 cm³/mol. The number of anilines is 1. The van der Waals surface area contributed by atoms with Crippen molar-refractivity contribution in [2.45, 2.75) is 95.3 Å². The number of ether oxygens (including phenoxy) is 4. The van der Waals surface area contributed by atoms with E-state index >= 15 is 0 Å². The Morgan fingerprint density at radius 1 is 1.06 bits per heavy atom. The first-order chi connectivity index (χ1) is 23.2. The molecule has 0 saturated carbocycles. The number of fused-ring (bicyclic) bond motifs is 1. The third-order valence-corrected chi connectivity index (χ3v) is 10.5. The summed E-state index contributed by atoms with van der Waals surface area (Å²) in [6.45, 7) is 8.46. The van der Waals surface area contributed by atoms with E-state index < -0.39 is 52.2 Å². The summed E-state index contributed by atoms with van der Waals surface area (Å²) < 4.78 is 51.5. The summed E-state index contributed by atoms with van der Waals surface area (Å²) in [6.07, 6.45) is -0.599. The Morgan fingerprint density at radius 3 is 2.47 bits per heavy atom. The van der Waals surface area contributed by atoms with E-state index in [0.717, 1.165) is 12.0 Å². The zero-order chi connectivity index (χ0) is 35.6. The van der Waals surface area contributed by atoms with Crippen LogP contribution >= 0.6 is 0 Å². The van der Waals surface area contributed by atoms with Crippen molar-refractivity contribution in [2.75, 3.05) is 38.6 Å². The molecule has 5 atom stereocenters. The van der Waals surface area contributed by atoms with Gasteiger partial charge >= 0.3 is 12.2 Å². The maximum atomic E-state index is 14.1. The zero-order valence-electron chi connectivity index (χ0n) is 28.9. The second-order valence-electron chi connectivity index (χ2n) is 13.8. The van der Waals surface area contributed by atoms with E-state index in [-0.39, 0.29) is 43.0 Å². The molecule has 2 saturated heterocycles. The van der Waals surface area contributed by atoms with Crippen LogP contribution in [0.4, 0.5) is 15.3 Å². The number of hydrogen-bond acceptors (Lipinski definition) is 10. The molecular formula is C35H52N4O9S. The molecule has 2 heterocycles. The lowest BCUT2D eigenvalue weighted by molar-refractivity contribution is -0.0907. The summed E-state index contributed by atoms with van der Waals surface area (Å²) in [5.74, 6) is -0.0596. The van der Waals surface area contributed by atoms with Gasteiger partial charge in [-0.1, -0.05) is 50.6 Å². The second-order valence-corrected chi connectivity index (χ2v) is 15.8. The van der Waals surface area contributed by atoms with Gasteiger partial charge in [0.25, 0.3) is 0 Å². The average Bonchev–Trinajstić information content (AvgIpc) is 3.65. The van der Waals surface area contributed by atoms with E-state index in [0.29, 0.717) is 38.1 Å². The van der Waals surface area contributed by atoms with Gasteiger partial charge in [-0.05, 0) is 74.8 Å². The van der Waals surface area contributed by atoms with Crippen molar-refractivity contribution in [3.05, 3.63) is 60.2 Å². The van der Waals surface area contributed by atoms with Crippen molar-refractivity contribution in [3.8, 4) is 0 Å². The molecule has 13 nitrogen and oxygen atoms in total. The summed E-state index contributed by atoms with van der Waals surface area (Å²) in [4.78, 5) is 25.1. The molecule has 0 spiro atoms. The SMILES string of the molecule is CC(C)OC(=O)NCCCCC(C)(C)CN(C[C@@H](O)[C@H](Cc1ccccc1)NC(=O)O[C@H]1CO[C@H]2OCC[C@H]21)S(=O)(=O)c1ccc(N)cc1. The molecule has 49 heavy (non-hydrogen) atoms. The van der Waals surface area contributed by atoms with E-state index in [9.17, 15) is 23.1 Å². The number of alkyl carbamates (subject to hydrolysis) is 2. The number of benzene rings is 2. The molecule has 5 N–H and O–H groups in total. The Morgan fingerprint density at radius 2 is 1.78 bits per heavy atom. The molecular weight excluding hydrogens is 652 g/mol. The minimum Gasteiger partial charge on any atom is -0.447 e. The van der Waals surface area contributed by atoms with Crippen LogP contribution < -0.4 is 16.4 Å². The molecule has 14 heteroatoms. The quantitative estimate of drug-likeness (QED) is 0.139. The van der Waals surface area contributed by atoms with Crippen LogP contribution in [-0.2, 0) is 35.4 Å². The van der Waals surface area contributed by atoms with Crippen molar-refractivity contribution in [1.82, 2.24) is 14.9 Å². The predicted octanol–water partition coefficient (Wildman–Crippen LogP) is 4.05. The van der Waals surface area contributed by atoms with Crippen LogP contribution in [0.1, 0.15) is 58.9 Å². The number of aliphatic hydroxyl groups is 1. The van der Waals surface area contributed by atoms with Gasteiger partial charge in [-0.25, -0.2) is 18.0 Å². The van der Waals surface area contributed by atoms with Crippen LogP contribution in [0.5, 0.6) is 0 Å². The van der Waals surface area contributed by atoms with Gasteiger partial charge < -0.3 is 40.4 Å². The van der Waals surface area contributed by atoms with Crippen LogP contribution in [0.2, 0.25) is 0 Å². The van der Waals surface area contributed by atoms with Gasteiger partial charge in [0.05, 0.1) is 42.3 Å². The van der Waals surface area contributed by atoms with Crippen molar-refractivity contribution < 1.29 is 42.1 Å². The minimum atomic E-state index is -4.10. The minimum absolute atomic E-state index is 0.0408. The van der Waals surface area contributed by atoms with Crippen LogP contribution in [-0.4, -0.2) is 93.5 Å². The first-order valence-electron chi connectivity index (χ1n) is 17.0. The molecule has 2 amide bonds. The lowest BCUT2D eigenvalue weighted by Gasteiger charge is -2.35. The number of sulfonamides is 1. The molecule has 0 unspecified atom stereocenters. The number of nitrogen functional groups attached to an aromatic ring is 1. The highest BCUT2D eigenvalue weighted by molar-refractivity contribution is 7.89. The van der Waals surface area contributed by atoms with Gasteiger partial charge in [-0.2, -0.15) is 4.31 Å². The van der Waals surface area contributed by atoms with Crippen LogP contribution in [0, 0.1) is 11.3 Å². The molecule has 2 fully saturated rings. The Balaban J connectivity index is 1.48. The zero-order valence-corrected chi connectivity index (χ0v) is 29.7. The van der Waals surface area contributed by atoms with E-state index in [1.54, 1.807) is 13.8 Å². The number of aliphatic hydroxyl groups excluding tert-OH is 1. The van der Waals surface area contributed by atoms with Crippen LogP contribution in [0.15, 0.2) is 59.5 Å². The lowest BCUT2D eigenvalue weighted by atomic mass is 9.87. The van der Waals surface area contributed by atoms with Gasteiger partial charge in [0.15, 0.2) is 6.29 Å². The summed E-state index contributed by atoms with van der Waals surface area (Å²) in [6, 6.07) is 14.4. The summed E-state index contributed by atoms with van der Waals surface area (Å²) >= 11 is 0. The van der Waals surface area contributed by atoms with E-state index in [4.69, 9.17) is 24.7 Å². The number of unbranched alkanes of at least 4 members (excludes halogenated alkanes) is 1. The van der Waals surface area contributed by atoms with Crippen LogP contribution in [0.3, 0.4) is 0 Å². The number of rotatable bonds is 17. The monoisotopic (exact) mass is 704 g/mol. The largest absolute Gasteiger partial charge is 0.447 e. The highest BCUT2D eigenvalue weighted by Gasteiger charge is 2.44. The number of nitrogens with zero attached hydrogens (tertiary/aromatic N) is 1. The summed E-state index contributed by atoms with van der Waals surface area (Å²) in [5, 5.41) is 17.3. The number of carbonyl (C=O) groups is 2. The topological polar surface area (TPSA) is 179 Å². The third kappa shape index (κ3) is 11.6. The first-order valence-corrected chi connectivity index (χ1v) is 18.4. The molecule has 2 aromatic carbocycles. The Labute approximate surface area is 289 Å². The molecule has 272 valence electrons. The highest BCUT2D eigenvalue weighted by atomic mass is 32.2. The fourth-order valence-corrected chi connectivity index (χ4v) is 7.77. The Kier molecular flexibility index (Phi) is 13.7. The van der Waals surface area contributed by atoms with Gasteiger partial charge in [0.2, 0.25) is 10.0 Å². The number of amides is 2. The van der Waals surface area contributed by atoms with E-state index in [1.807, 2.05) is 44.2 Å². The number of carbonyl (C=O) groups excluding carboxylic acids is 2. The summed E-state index contributed by atoms with van der Waals surface area (Å²) in [7, 11) is -4.10. The molecule has 2 aliphatic heterocycles. The maximum absolute atomic E-state index is 14.1. The average molecular weight is 705 g/mol. The highest BCUT2D eigenvalue weighted by Crippen LogP contribution is 2.33. The first kappa shape index (κ1) is 38.4. The number of hydrogen-bond donors (Lipinski definition) is 4. The fraction of sp³-hybridized carbons (Fsp3) is 0.600. The molecule has 0 bridgehead atoms. The molecule has 0 aromatic heterocycles. The molecule has 0 radical (unpaired) electrons. The van der Waals surface area contributed by atoms with E-state index in [2.05, 4.69) is 10.6 Å². The van der Waals surface area contributed by atoms with Gasteiger partial charge in [0, 0.05) is 25.3 Å². The third-order valence-electron chi connectivity index (χ3n) is 8.72. The van der Waals surface area contributed by atoms with Crippen molar-refractivity contribution >= 4 is 27.9 Å². The standard InChI is InChI=1S/C35H52N4O9S/c1-24(2)47-33(41)37-18-9-8-17-35(3,4)23-39(49(43,44)27-14-12-26(36)13-15-27)21-30(40)29(20-25-10-6-5-7-11-25)38-34(42)48-31-22-46-32-28(31)16-19-45-32/h5-7,10-15,24,28-32,40H,8-9,16-23,36H2,1-4H3,(H,37,41)(H,38,42)/t28-,29-,30+,31-,32+/m0/s1. The van der Waals surface area contributed by atoms with Gasteiger partial charge in [-0.15, -0.1) is 0 Å². The smallest absolute Gasteiger partial charge is 0.407 e. The van der Waals surface area contributed by atoms with Crippen molar-refractivity contribution in [1.29, 1.82) is 0 Å². The molecule has 2 aliphatic rings. The Bertz CT molecular complexity index is 1460. The summed E-state index contributed by atoms with van der Waals surface area (Å²) in [5.41, 5.74) is 6.60. The van der Waals surface area contributed by atoms with Gasteiger partial charge in [-0.3, -0.25) is 0 Å². The lowest BCUT2D eigenvalue weighted by Crippen LogP contribution is -2.52. The molecule has 2 aromatic rings. The second kappa shape index (κ2) is 17.5.